The molecule has 194 valence electrons. The molecule has 3 heterocycles. The lowest BCUT2D eigenvalue weighted by Crippen LogP contribution is -2.38. The van der Waals surface area contributed by atoms with Crippen LogP contribution in [-0.4, -0.2) is 55.1 Å². The Hall–Kier alpha value is -3.13. The lowest BCUT2D eigenvalue weighted by molar-refractivity contribution is -0.330. The number of alkyl carbamates (subject to hydrolysis) is 1. The lowest BCUT2D eigenvalue weighted by Gasteiger charge is -2.19. The average molecular weight is 532 g/mol. The first kappa shape index (κ1) is 24.6. The molecule has 0 unspecified atom stereocenters. The fourth-order valence-corrected chi connectivity index (χ4v) is 4.32. The molecule has 3 aromatic rings. The summed E-state index contributed by atoms with van der Waals surface area (Å²) in [4.78, 5) is 16.2. The summed E-state index contributed by atoms with van der Waals surface area (Å²) >= 11 is 6.03. The van der Waals surface area contributed by atoms with Crippen LogP contribution in [0.2, 0.25) is 5.15 Å². The van der Waals surface area contributed by atoms with Crippen LogP contribution in [0.1, 0.15) is 49.9 Å². The number of fused-ring (bicyclic) bond motifs is 1. The lowest BCUT2D eigenvalue weighted by atomic mass is 10.0. The molecule has 2 aliphatic carbocycles. The number of hydrogen-bond acceptors (Lipinski definition) is 7. The molecule has 2 fully saturated rings. The summed E-state index contributed by atoms with van der Waals surface area (Å²) in [6, 6.07) is 2.96. The van der Waals surface area contributed by atoms with E-state index in [1.165, 1.54) is 16.8 Å². The maximum absolute atomic E-state index is 15.1. The van der Waals surface area contributed by atoms with Crippen molar-refractivity contribution < 1.29 is 31.8 Å². The van der Waals surface area contributed by atoms with Gasteiger partial charge in [0.05, 0.1) is 11.9 Å². The Morgan fingerprint density at radius 1 is 1.33 bits per heavy atom. The van der Waals surface area contributed by atoms with E-state index in [2.05, 4.69) is 35.7 Å². The van der Waals surface area contributed by atoms with Gasteiger partial charge in [0, 0.05) is 23.2 Å². The molecule has 3 N–H and O–H groups in total. The molecule has 2 saturated carbocycles. The molecule has 3 aromatic heterocycles. The third-order valence-corrected chi connectivity index (χ3v) is 6.45. The minimum atomic E-state index is -4.80. The molecule has 0 spiro atoms. The standard InChI is InChI=1S/C21H22ClF4N7O3/c1-20(4-5-20)29-19(34)36-14-3-2-11(17(14)23)12-7-16(31-30-12)28-18-13-6-10(9-35-21(24,25)26)32-33(13)8-15(22)27-18/h6-8,11,14,17H,2-5,9H2,1H3,(H,29,34)(H2,27,28,30,31)/t11-,14-,17-/m1/s1. The average Bonchev–Trinajstić information content (AvgIpc) is 3.12. The van der Waals surface area contributed by atoms with Crippen molar-refractivity contribution in [1.29, 1.82) is 0 Å². The van der Waals surface area contributed by atoms with E-state index in [9.17, 15) is 18.0 Å². The number of nitrogens with zero attached hydrogens (tertiary/aromatic N) is 4. The van der Waals surface area contributed by atoms with E-state index in [4.69, 9.17) is 16.3 Å². The van der Waals surface area contributed by atoms with Crippen molar-refractivity contribution in [3.8, 4) is 0 Å². The van der Waals surface area contributed by atoms with E-state index in [0.717, 1.165) is 12.8 Å². The predicted molar refractivity (Wildman–Crippen MR) is 119 cm³/mol. The summed E-state index contributed by atoms with van der Waals surface area (Å²) in [7, 11) is 0. The van der Waals surface area contributed by atoms with Crippen molar-refractivity contribution in [2.45, 2.75) is 69.3 Å². The van der Waals surface area contributed by atoms with E-state index < -0.39 is 37.3 Å². The van der Waals surface area contributed by atoms with Gasteiger partial charge in [0.1, 0.15) is 29.6 Å². The normalized spacial score (nSPS) is 23.1. The van der Waals surface area contributed by atoms with Crippen molar-refractivity contribution in [2.24, 2.45) is 0 Å². The van der Waals surface area contributed by atoms with Crippen LogP contribution in [0.15, 0.2) is 18.3 Å². The highest BCUT2D eigenvalue weighted by Gasteiger charge is 2.43. The van der Waals surface area contributed by atoms with Crippen molar-refractivity contribution in [3.63, 3.8) is 0 Å². The van der Waals surface area contributed by atoms with Crippen LogP contribution in [0.3, 0.4) is 0 Å². The third-order valence-electron chi connectivity index (χ3n) is 6.27. The van der Waals surface area contributed by atoms with E-state index >= 15 is 4.39 Å². The second-order valence-corrected chi connectivity index (χ2v) is 9.59. The van der Waals surface area contributed by atoms with Crippen molar-refractivity contribution >= 4 is 34.8 Å². The van der Waals surface area contributed by atoms with Crippen molar-refractivity contribution in [2.75, 3.05) is 5.32 Å². The number of carbonyl (C=O) groups excluding carboxylic acids is 1. The number of nitrogens with one attached hydrogen (secondary N) is 3. The number of halogens is 5. The van der Waals surface area contributed by atoms with Gasteiger partial charge in [-0.3, -0.25) is 9.84 Å². The van der Waals surface area contributed by atoms with Gasteiger partial charge in [-0.15, -0.1) is 13.2 Å². The molecule has 15 heteroatoms. The number of rotatable bonds is 7. The number of carbonyl (C=O) groups is 1. The van der Waals surface area contributed by atoms with Gasteiger partial charge in [-0.1, -0.05) is 11.6 Å². The molecule has 0 radical (unpaired) electrons. The number of amides is 1. The number of alkyl halides is 4. The minimum Gasteiger partial charge on any atom is -0.443 e. The predicted octanol–water partition coefficient (Wildman–Crippen LogP) is 4.75. The molecule has 10 nitrogen and oxygen atoms in total. The molecule has 3 atom stereocenters. The number of anilines is 2. The Morgan fingerprint density at radius 3 is 2.83 bits per heavy atom. The number of aromatic amines is 1. The molecule has 0 bridgehead atoms. The highest BCUT2D eigenvalue weighted by molar-refractivity contribution is 6.29. The Bertz CT molecular complexity index is 1280. The van der Waals surface area contributed by atoms with Crippen molar-refractivity contribution in [1.82, 2.24) is 30.1 Å². The van der Waals surface area contributed by atoms with Gasteiger partial charge in [-0.2, -0.15) is 10.2 Å². The zero-order chi connectivity index (χ0) is 25.7. The molecular weight excluding hydrogens is 510 g/mol. The largest absolute Gasteiger partial charge is 0.522 e. The maximum atomic E-state index is 15.1. The smallest absolute Gasteiger partial charge is 0.443 e. The number of hydrogen-bond donors (Lipinski definition) is 3. The third kappa shape index (κ3) is 5.48. The summed E-state index contributed by atoms with van der Waals surface area (Å²) in [5.74, 6) is -0.0938. The highest BCUT2D eigenvalue weighted by atomic mass is 35.5. The zero-order valence-corrected chi connectivity index (χ0v) is 19.7. The first-order valence-electron chi connectivity index (χ1n) is 11.2. The van der Waals surface area contributed by atoms with Crippen LogP contribution in [0, 0.1) is 0 Å². The Morgan fingerprint density at radius 2 is 2.11 bits per heavy atom. The van der Waals surface area contributed by atoms with E-state index in [0.29, 0.717) is 24.1 Å². The van der Waals surface area contributed by atoms with Gasteiger partial charge in [-0.05, 0) is 38.7 Å². The maximum Gasteiger partial charge on any atom is 0.522 e. The zero-order valence-electron chi connectivity index (χ0n) is 18.9. The van der Waals surface area contributed by atoms with Crippen LogP contribution in [0.5, 0.6) is 0 Å². The van der Waals surface area contributed by atoms with E-state index in [1.54, 1.807) is 6.07 Å². The fraction of sp³-hybridized carbons (Fsp3) is 0.524. The highest BCUT2D eigenvalue weighted by Crippen LogP contribution is 2.39. The number of H-pyrrole nitrogens is 1. The molecule has 5 rings (SSSR count). The Kier molecular flexibility index (Phi) is 6.19. The van der Waals surface area contributed by atoms with Gasteiger partial charge < -0.3 is 15.4 Å². The molecular formula is C21H22ClF4N7O3. The quantitative estimate of drug-likeness (QED) is 0.376. The summed E-state index contributed by atoms with van der Waals surface area (Å²) in [6.07, 6.45) is -3.81. The van der Waals surface area contributed by atoms with Crippen LogP contribution < -0.4 is 10.6 Å². The summed E-state index contributed by atoms with van der Waals surface area (Å²) in [6.45, 7) is 1.12. The minimum absolute atomic E-state index is 0.0131. The molecule has 0 aliphatic heterocycles. The molecule has 0 aromatic carbocycles. The number of aromatic nitrogens is 5. The Labute approximate surface area is 206 Å². The molecule has 36 heavy (non-hydrogen) atoms. The van der Waals surface area contributed by atoms with E-state index in [-0.39, 0.29) is 28.0 Å². The second-order valence-electron chi connectivity index (χ2n) is 9.20. The van der Waals surface area contributed by atoms with Crippen LogP contribution in [0.4, 0.5) is 34.0 Å². The van der Waals surface area contributed by atoms with Crippen LogP contribution in [0.25, 0.3) is 5.52 Å². The van der Waals surface area contributed by atoms with Gasteiger partial charge >= 0.3 is 12.5 Å². The summed E-state index contributed by atoms with van der Waals surface area (Å²) in [5.41, 5.74) is 0.583. The SMILES string of the molecule is CC1(NC(=O)O[C@@H]2CC[C@H](c3cc(Nc4nc(Cl)cn5nc(COC(F)(F)F)cc45)n[nH]3)[C@H]2F)CC1. The van der Waals surface area contributed by atoms with E-state index in [1.807, 2.05) is 6.92 Å². The fourth-order valence-electron chi connectivity index (χ4n) is 4.14. The summed E-state index contributed by atoms with van der Waals surface area (Å²) < 4.78 is 62.6. The van der Waals surface area contributed by atoms with Crippen molar-refractivity contribution in [3.05, 3.63) is 34.9 Å². The molecule has 2 aliphatic rings. The van der Waals surface area contributed by atoms with Gasteiger partial charge in [-0.25, -0.2) is 18.7 Å². The van der Waals surface area contributed by atoms with Gasteiger partial charge in [0.25, 0.3) is 0 Å². The molecule has 0 saturated heterocycles. The summed E-state index contributed by atoms with van der Waals surface area (Å²) in [5, 5.41) is 16.7. The monoisotopic (exact) mass is 531 g/mol. The topological polar surface area (TPSA) is 118 Å². The first-order chi connectivity index (χ1) is 17.0. The Balaban J connectivity index is 1.26. The van der Waals surface area contributed by atoms with Gasteiger partial charge in [0.15, 0.2) is 11.6 Å². The van der Waals surface area contributed by atoms with Crippen LogP contribution >= 0.6 is 11.6 Å². The van der Waals surface area contributed by atoms with Crippen LogP contribution in [-0.2, 0) is 16.1 Å². The van der Waals surface area contributed by atoms with Gasteiger partial charge in [0.2, 0.25) is 0 Å². The second kappa shape index (κ2) is 9.07. The number of ether oxygens (including phenoxy) is 2. The first-order valence-corrected chi connectivity index (χ1v) is 11.6. The molecule has 1 amide bonds.